The van der Waals surface area contributed by atoms with Gasteiger partial charge >= 0.3 is 18.1 Å². The summed E-state index contributed by atoms with van der Waals surface area (Å²) in [6.45, 7) is 3.09. The summed E-state index contributed by atoms with van der Waals surface area (Å²) >= 11 is 0. The van der Waals surface area contributed by atoms with Gasteiger partial charge in [-0.05, 0) is 26.0 Å². The van der Waals surface area contributed by atoms with Gasteiger partial charge in [0.25, 0.3) is 0 Å². The van der Waals surface area contributed by atoms with Crippen LogP contribution in [-0.2, 0) is 25.2 Å². The molecule has 1 aromatic carbocycles. The van der Waals surface area contributed by atoms with Gasteiger partial charge in [-0.2, -0.15) is 13.2 Å². The Kier molecular flexibility index (Phi) is 5.78. The number of alkyl halides is 3. The van der Waals surface area contributed by atoms with Gasteiger partial charge in [-0.1, -0.05) is 6.07 Å². The predicted octanol–water partition coefficient (Wildman–Crippen LogP) is 2.50. The fraction of sp³-hybridized carbons (Fsp3) is 0.429. The van der Waals surface area contributed by atoms with Crippen LogP contribution in [0.15, 0.2) is 18.2 Å². The fourth-order valence-corrected chi connectivity index (χ4v) is 1.82. The van der Waals surface area contributed by atoms with E-state index in [9.17, 15) is 22.8 Å². The normalized spacial score (nSPS) is 11.4. The molecule has 0 aromatic heterocycles. The van der Waals surface area contributed by atoms with Crippen molar-refractivity contribution in [1.82, 2.24) is 0 Å². The van der Waals surface area contributed by atoms with Gasteiger partial charge in [0, 0.05) is 11.3 Å². The van der Waals surface area contributed by atoms with Crippen LogP contribution in [0, 0.1) is 0 Å². The van der Waals surface area contributed by atoms with Crippen LogP contribution in [0.4, 0.5) is 18.9 Å². The van der Waals surface area contributed by atoms with E-state index in [1.165, 1.54) is 13.8 Å². The number of carbonyl (C=O) groups excluding carboxylic acids is 2. The Labute approximate surface area is 125 Å². The van der Waals surface area contributed by atoms with Gasteiger partial charge in [0.2, 0.25) is 0 Å². The highest BCUT2D eigenvalue weighted by Gasteiger charge is 2.35. The summed E-state index contributed by atoms with van der Waals surface area (Å²) in [6.07, 6.45) is -4.57. The first-order chi connectivity index (χ1) is 10.2. The van der Waals surface area contributed by atoms with Gasteiger partial charge in [-0.25, -0.2) is 0 Å². The van der Waals surface area contributed by atoms with Crippen molar-refractivity contribution >= 4 is 17.6 Å². The second-order valence-corrected chi connectivity index (χ2v) is 4.28. The van der Waals surface area contributed by atoms with E-state index in [0.29, 0.717) is 6.07 Å². The first-order valence-electron chi connectivity index (χ1n) is 6.52. The van der Waals surface area contributed by atoms with Crippen molar-refractivity contribution in [3.05, 3.63) is 29.3 Å². The van der Waals surface area contributed by atoms with E-state index in [1.807, 2.05) is 0 Å². The van der Waals surface area contributed by atoms with Gasteiger partial charge in [-0.15, -0.1) is 0 Å². The molecule has 0 heterocycles. The minimum Gasteiger partial charge on any atom is -0.465 e. The van der Waals surface area contributed by atoms with Gasteiger partial charge in [0.1, 0.15) is 0 Å². The van der Waals surface area contributed by atoms with Gasteiger partial charge in [-0.3, -0.25) is 9.59 Å². The molecule has 1 aromatic rings. The van der Waals surface area contributed by atoms with Crippen LogP contribution in [0.5, 0.6) is 0 Å². The van der Waals surface area contributed by atoms with Crippen LogP contribution >= 0.6 is 0 Å². The summed E-state index contributed by atoms with van der Waals surface area (Å²) in [5.41, 5.74) is 4.19. The molecule has 0 spiro atoms. The molecule has 0 aliphatic carbocycles. The minimum atomic E-state index is -4.57. The summed E-state index contributed by atoms with van der Waals surface area (Å²) in [6, 6.07) is 2.40. The molecule has 0 aliphatic heterocycles. The van der Waals surface area contributed by atoms with Crippen molar-refractivity contribution in [2.45, 2.75) is 25.9 Å². The number of hydrogen-bond acceptors (Lipinski definition) is 5. The molecule has 0 radical (unpaired) electrons. The van der Waals surface area contributed by atoms with E-state index in [2.05, 4.69) is 0 Å². The number of nitrogens with two attached hydrogens (primary N) is 1. The number of benzene rings is 1. The zero-order valence-electron chi connectivity index (χ0n) is 12.1. The molecule has 1 rings (SSSR count). The molecule has 0 saturated carbocycles. The highest BCUT2D eigenvalue weighted by Crippen LogP contribution is 2.34. The summed E-state index contributed by atoms with van der Waals surface area (Å²) in [5, 5.41) is 0. The third-order valence-electron chi connectivity index (χ3n) is 2.77. The highest BCUT2D eigenvalue weighted by atomic mass is 19.4. The quantitative estimate of drug-likeness (QED) is 0.512. The molecular formula is C14H16F3NO4. The smallest absolute Gasteiger partial charge is 0.416 e. The largest absolute Gasteiger partial charge is 0.465 e. The van der Waals surface area contributed by atoms with E-state index in [1.54, 1.807) is 0 Å². The first kappa shape index (κ1) is 17.8. The Morgan fingerprint density at radius 1 is 1.14 bits per heavy atom. The Hall–Kier alpha value is -2.25. The van der Waals surface area contributed by atoms with Crippen molar-refractivity contribution in [2.75, 3.05) is 18.9 Å². The van der Waals surface area contributed by atoms with Crippen LogP contribution in [0.25, 0.3) is 0 Å². The Balaban J connectivity index is 3.25. The van der Waals surface area contributed by atoms with Gasteiger partial charge in [0.15, 0.2) is 5.92 Å². The molecule has 22 heavy (non-hydrogen) atoms. The number of carbonyl (C=O) groups is 2. The van der Waals surface area contributed by atoms with Crippen molar-refractivity contribution < 1.29 is 32.2 Å². The van der Waals surface area contributed by atoms with E-state index in [4.69, 9.17) is 15.2 Å². The van der Waals surface area contributed by atoms with Crippen molar-refractivity contribution in [3.63, 3.8) is 0 Å². The fourth-order valence-electron chi connectivity index (χ4n) is 1.82. The SMILES string of the molecule is CCOC(=O)C(C(=O)OCC)c1ccc(C(F)(F)F)cc1N. The lowest BCUT2D eigenvalue weighted by Gasteiger charge is -2.17. The van der Waals surface area contributed by atoms with Crippen LogP contribution in [0.3, 0.4) is 0 Å². The molecule has 0 fully saturated rings. The third kappa shape index (κ3) is 4.12. The number of rotatable bonds is 5. The van der Waals surface area contributed by atoms with Gasteiger partial charge < -0.3 is 15.2 Å². The number of anilines is 1. The maximum absolute atomic E-state index is 12.6. The highest BCUT2D eigenvalue weighted by molar-refractivity contribution is 6.02. The maximum Gasteiger partial charge on any atom is 0.416 e. The number of halogens is 3. The lowest BCUT2D eigenvalue weighted by molar-refractivity contribution is -0.156. The van der Waals surface area contributed by atoms with Crippen LogP contribution in [0.1, 0.15) is 30.9 Å². The Morgan fingerprint density at radius 3 is 2.00 bits per heavy atom. The predicted molar refractivity (Wildman–Crippen MR) is 71.9 cm³/mol. The second-order valence-electron chi connectivity index (χ2n) is 4.28. The standard InChI is InChI=1S/C14H16F3NO4/c1-3-21-12(19)11(13(20)22-4-2)9-6-5-8(7-10(9)18)14(15,16)17/h5-7,11H,3-4,18H2,1-2H3. The molecule has 0 bridgehead atoms. The molecular weight excluding hydrogens is 303 g/mol. The van der Waals surface area contributed by atoms with E-state index in [-0.39, 0.29) is 24.5 Å². The summed E-state index contributed by atoms with van der Waals surface area (Å²) in [7, 11) is 0. The van der Waals surface area contributed by atoms with E-state index in [0.717, 1.165) is 12.1 Å². The third-order valence-corrected chi connectivity index (χ3v) is 2.77. The van der Waals surface area contributed by atoms with Crippen molar-refractivity contribution in [3.8, 4) is 0 Å². The average Bonchev–Trinajstić information content (AvgIpc) is 2.40. The summed E-state index contributed by atoms with van der Waals surface area (Å²) in [5.74, 6) is -3.36. The van der Waals surface area contributed by atoms with E-state index < -0.39 is 29.6 Å². The van der Waals surface area contributed by atoms with Crippen molar-refractivity contribution in [2.24, 2.45) is 0 Å². The average molecular weight is 319 g/mol. The molecule has 0 saturated heterocycles. The zero-order chi connectivity index (χ0) is 16.9. The zero-order valence-corrected chi connectivity index (χ0v) is 12.1. The topological polar surface area (TPSA) is 78.6 Å². The molecule has 0 aliphatic rings. The molecule has 0 unspecified atom stereocenters. The summed E-state index contributed by atoms with van der Waals surface area (Å²) in [4.78, 5) is 23.8. The Morgan fingerprint density at radius 2 is 1.64 bits per heavy atom. The maximum atomic E-state index is 12.6. The van der Waals surface area contributed by atoms with Gasteiger partial charge in [0.05, 0.1) is 18.8 Å². The van der Waals surface area contributed by atoms with Crippen molar-refractivity contribution in [1.29, 1.82) is 0 Å². The number of hydrogen-bond donors (Lipinski definition) is 1. The lowest BCUT2D eigenvalue weighted by atomic mass is 9.96. The van der Waals surface area contributed by atoms with E-state index >= 15 is 0 Å². The molecule has 8 heteroatoms. The molecule has 122 valence electrons. The number of ether oxygens (including phenoxy) is 2. The van der Waals surface area contributed by atoms with Crippen LogP contribution in [0.2, 0.25) is 0 Å². The molecule has 0 amide bonds. The van der Waals surface area contributed by atoms with Crippen LogP contribution < -0.4 is 5.73 Å². The first-order valence-corrected chi connectivity index (χ1v) is 6.52. The second kappa shape index (κ2) is 7.15. The lowest BCUT2D eigenvalue weighted by Crippen LogP contribution is -2.27. The molecule has 5 nitrogen and oxygen atoms in total. The minimum absolute atomic E-state index is 0.00920. The number of nitrogen functional groups attached to an aromatic ring is 1. The monoisotopic (exact) mass is 319 g/mol. The Bertz CT molecular complexity index is 540. The molecule has 0 atom stereocenters. The molecule has 2 N–H and O–H groups in total. The summed E-state index contributed by atoms with van der Waals surface area (Å²) < 4.78 is 47.4. The van der Waals surface area contributed by atoms with Crippen LogP contribution in [-0.4, -0.2) is 25.2 Å². The number of esters is 2.